The van der Waals surface area contributed by atoms with Crippen LogP contribution >= 0.6 is 25.1 Å². The minimum Gasteiger partial charge on any atom is -0.0918 e. The van der Waals surface area contributed by atoms with E-state index in [4.69, 9.17) is 0 Å². The molecule has 0 aromatic heterocycles. The molecule has 0 aromatic carbocycles. The molecular weight excluding hydrogens is 417 g/mol. The third-order valence-corrected chi connectivity index (χ3v) is 15.0. The average molecular weight is 467 g/mol. The molecule has 0 nitrogen and oxygen atoms in total. The molecule has 30 heavy (non-hydrogen) atoms. The fourth-order valence-corrected chi connectivity index (χ4v) is 16.1. The molecule has 0 saturated heterocycles. The van der Waals surface area contributed by atoms with Crippen LogP contribution in [0.15, 0.2) is 22.8 Å². The Balaban J connectivity index is 1.82. The number of rotatable bonds is 6. The molecule has 2 fully saturated rings. The van der Waals surface area contributed by atoms with Crippen molar-refractivity contribution in [3.05, 3.63) is 22.8 Å². The molecule has 0 amide bonds. The van der Waals surface area contributed by atoms with Gasteiger partial charge < -0.3 is 0 Å². The van der Waals surface area contributed by atoms with Crippen LogP contribution in [0.2, 0.25) is 0 Å². The zero-order chi connectivity index (χ0) is 21.9. The second-order valence-electron chi connectivity index (χ2n) is 12.1. The van der Waals surface area contributed by atoms with Crippen LogP contribution in [-0.2, 0) is 0 Å². The summed E-state index contributed by atoms with van der Waals surface area (Å²) in [5.41, 5.74) is 2.77. The van der Waals surface area contributed by atoms with Gasteiger partial charge in [-0.15, -0.1) is 0 Å². The summed E-state index contributed by atoms with van der Waals surface area (Å²) >= 11 is 0. The maximum atomic E-state index is 2.65. The van der Waals surface area contributed by atoms with E-state index in [1.807, 2.05) is 10.6 Å². The van der Waals surface area contributed by atoms with E-state index in [-0.39, 0.29) is 7.92 Å². The van der Waals surface area contributed by atoms with Crippen molar-refractivity contribution in [2.75, 3.05) is 0 Å². The highest BCUT2D eigenvalue weighted by molar-refractivity contribution is 7.61. The van der Waals surface area contributed by atoms with E-state index in [1.54, 1.807) is 0 Å². The van der Waals surface area contributed by atoms with Crippen molar-refractivity contribution in [1.29, 1.82) is 0 Å². The van der Waals surface area contributed by atoms with Gasteiger partial charge in [-0.3, -0.25) is 0 Å². The molecule has 3 heteroatoms. The second kappa shape index (κ2) is 10.8. The molecule has 3 unspecified atom stereocenters. The van der Waals surface area contributed by atoms with E-state index < -0.39 is 0 Å². The van der Waals surface area contributed by atoms with E-state index in [0.29, 0.717) is 10.3 Å². The van der Waals surface area contributed by atoms with Crippen LogP contribution in [0.5, 0.6) is 0 Å². The van der Waals surface area contributed by atoms with Crippen LogP contribution in [0.4, 0.5) is 0 Å². The molecule has 3 rings (SSSR count). The third-order valence-electron chi connectivity index (χ3n) is 7.40. The van der Waals surface area contributed by atoms with Crippen molar-refractivity contribution in [1.82, 2.24) is 0 Å². The molecule has 0 N–H and O–H groups in total. The van der Waals surface area contributed by atoms with Crippen LogP contribution in [-0.4, -0.2) is 27.3 Å². The van der Waals surface area contributed by atoms with Crippen LogP contribution in [0, 0.1) is 5.92 Å². The van der Waals surface area contributed by atoms with Gasteiger partial charge in [0.15, 0.2) is 0 Å². The summed E-state index contributed by atoms with van der Waals surface area (Å²) < 4.78 is 0. The topological polar surface area (TPSA) is 0 Å². The van der Waals surface area contributed by atoms with Gasteiger partial charge in [0, 0.05) is 5.92 Å². The lowest BCUT2D eigenvalue weighted by Crippen LogP contribution is -2.34. The van der Waals surface area contributed by atoms with Crippen LogP contribution in [0.3, 0.4) is 0 Å². The van der Waals surface area contributed by atoms with Crippen molar-refractivity contribution in [3.63, 3.8) is 0 Å². The fourth-order valence-electron chi connectivity index (χ4n) is 6.69. The van der Waals surface area contributed by atoms with Gasteiger partial charge in [0.05, 0.1) is 0 Å². The van der Waals surface area contributed by atoms with Crippen LogP contribution in [0.25, 0.3) is 0 Å². The van der Waals surface area contributed by atoms with E-state index >= 15 is 0 Å². The molecule has 0 aliphatic heterocycles. The Kier molecular flexibility index (Phi) is 9.14. The minimum absolute atomic E-state index is 0.0873. The Morgan fingerprint density at radius 1 is 0.700 bits per heavy atom. The Hall–Kier alpha value is 0.770. The molecule has 0 spiro atoms. The first-order chi connectivity index (χ1) is 14.1. The maximum absolute atomic E-state index is 2.65. The predicted octanol–water partition coefficient (Wildman–Crippen LogP) is 9.87. The third kappa shape index (κ3) is 6.65. The molecule has 3 aliphatic carbocycles. The first kappa shape index (κ1) is 25.4. The lowest BCUT2D eigenvalue weighted by atomic mass is 10.0. The van der Waals surface area contributed by atoms with Gasteiger partial charge in [0.2, 0.25) is 0 Å². The van der Waals surface area contributed by atoms with Gasteiger partial charge in [-0.1, -0.05) is 124 Å². The van der Waals surface area contributed by atoms with Crippen molar-refractivity contribution < 1.29 is 0 Å². The van der Waals surface area contributed by atoms with Crippen molar-refractivity contribution >= 4 is 25.1 Å². The molecular formula is C27H49P3. The fraction of sp³-hybridized carbons (Fsp3) is 0.852. The summed E-state index contributed by atoms with van der Waals surface area (Å²) in [6, 6.07) is 0. The Labute approximate surface area is 193 Å². The Morgan fingerprint density at radius 2 is 1.07 bits per heavy atom. The maximum Gasteiger partial charge on any atom is 0.0158 e. The van der Waals surface area contributed by atoms with Gasteiger partial charge in [0.1, 0.15) is 0 Å². The number of hydrogen-bond acceptors (Lipinski definition) is 0. The molecule has 3 aliphatic rings. The highest BCUT2D eigenvalue weighted by atomic mass is 31.1. The van der Waals surface area contributed by atoms with Gasteiger partial charge in [0.25, 0.3) is 0 Å². The molecule has 0 heterocycles. The molecule has 0 radical (unpaired) electrons. The van der Waals surface area contributed by atoms with Gasteiger partial charge >= 0.3 is 0 Å². The van der Waals surface area contributed by atoms with Crippen molar-refractivity contribution in [2.45, 2.75) is 140 Å². The standard InChI is InChI=1S/C27H49P3/c1-20(30(26(2,3)4)27(5,6)7)25-23(28-21-14-10-8-11-15-21)18-19-24(25)29-22-16-12-9-13-17-22/h18-22,25,28-29H,8-17H2,1-7H3. The summed E-state index contributed by atoms with van der Waals surface area (Å²) in [6.45, 7) is 17.8. The van der Waals surface area contributed by atoms with E-state index in [0.717, 1.165) is 40.1 Å². The SMILES string of the molecule is CC(C1C(PC2CCCCC2)=CC=C1PC1CCCCC1)P(C(C)(C)C)C(C)(C)C. The lowest BCUT2D eigenvalue weighted by Gasteiger charge is -2.48. The summed E-state index contributed by atoms with van der Waals surface area (Å²) in [6.07, 6.45) is 20.1. The van der Waals surface area contributed by atoms with Gasteiger partial charge in [-0.2, -0.15) is 0 Å². The first-order valence-electron chi connectivity index (χ1n) is 12.8. The van der Waals surface area contributed by atoms with Crippen LogP contribution < -0.4 is 0 Å². The quantitative estimate of drug-likeness (QED) is 0.342. The van der Waals surface area contributed by atoms with Gasteiger partial charge in [-0.05, 0) is 63.6 Å². The summed E-state index contributed by atoms with van der Waals surface area (Å²) in [4.78, 5) is 0. The molecule has 0 aromatic rings. The van der Waals surface area contributed by atoms with Gasteiger partial charge in [-0.25, -0.2) is 0 Å². The molecule has 2 saturated carbocycles. The van der Waals surface area contributed by atoms with Crippen molar-refractivity contribution in [2.24, 2.45) is 5.92 Å². The highest BCUT2D eigenvalue weighted by Crippen LogP contribution is 2.68. The number of allylic oxidation sites excluding steroid dienone is 4. The smallest absolute Gasteiger partial charge is 0.0158 e. The van der Waals surface area contributed by atoms with E-state index in [1.165, 1.54) is 64.2 Å². The largest absolute Gasteiger partial charge is 0.0918 e. The first-order valence-corrected chi connectivity index (χ1v) is 16.4. The normalized spacial score (nSPS) is 26.9. The predicted molar refractivity (Wildman–Crippen MR) is 146 cm³/mol. The summed E-state index contributed by atoms with van der Waals surface area (Å²) in [5, 5.41) is 4.53. The molecule has 172 valence electrons. The molecule has 3 atom stereocenters. The highest BCUT2D eigenvalue weighted by Gasteiger charge is 2.43. The van der Waals surface area contributed by atoms with Crippen molar-refractivity contribution in [3.8, 4) is 0 Å². The Morgan fingerprint density at radius 3 is 1.40 bits per heavy atom. The summed E-state index contributed by atoms with van der Waals surface area (Å²) in [5.74, 6) is 0.759. The summed E-state index contributed by atoms with van der Waals surface area (Å²) in [7, 11) is 2.09. The zero-order valence-corrected chi connectivity index (χ0v) is 23.9. The average Bonchev–Trinajstić information content (AvgIpc) is 3.03. The van der Waals surface area contributed by atoms with E-state index in [2.05, 4.69) is 60.6 Å². The molecule has 0 bridgehead atoms. The van der Waals surface area contributed by atoms with Crippen LogP contribution in [0.1, 0.15) is 113 Å². The van der Waals surface area contributed by atoms with E-state index in [9.17, 15) is 0 Å². The zero-order valence-electron chi connectivity index (χ0n) is 21.0. The minimum atomic E-state index is -0.0873. The number of hydrogen-bond donors (Lipinski definition) is 0. The lowest BCUT2D eigenvalue weighted by molar-refractivity contribution is 0.512. The monoisotopic (exact) mass is 466 g/mol. The second-order valence-corrected chi connectivity index (χ2v) is 19.7. The Bertz CT molecular complexity index is 557.